The predicted molar refractivity (Wildman–Crippen MR) is 148 cm³/mol. The standard InChI is InChI=1S/C29H38F5N5O6/c1-26(2,3)44-24(42)37-21(15-7-9-28(30,31)10-8-15)18-14-38-20(36-18)11-16(13-35-38)22(40)17-12-19(29(32,33)34)39(23(17)41)25(43)45-27(4,5)6/h11,13-15,17,19,21-22,40H,7-10,12H2,1-6H3,(H,37,42)/t17-,19-,21+,22+/m1/s1. The lowest BCUT2D eigenvalue weighted by Crippen LogP contribution is -2.48. The van der Waals surface area contributed by atoms with Crippen molar-refractivity contribution in [2.45, 2.75) is 115 Å². The zero-order valence-electron chi connectivity index (χ0n) is 25.8. The highest BCUT2D eigenvalue weighted by Gasteiger charge is 2.58. The second kappa shape index (κ2) is 12.0. The Hall–Kier alpha value is -3.56. The molecule has 0 radical (unpaired) electrons. The largest absolute Gasteiger partial charge is 0.444 e. The van der Waals surface area contributed by atoms with Crippen LogP contribution in [0.4, 0.5) is 31.5 Å². The number of nitrogens with one attached hydrogen (secondary N) is 1. The molecule has 3 heterocycles. The molecule has 45 heavy (non-hydrogen) atoms. The Morgan fingerprint density at radius 2 is 1.67 bits per heavy atom. The lowest BCUT2D eigenvalue weighted by molar-refractivity contribution is -0.177. The number of carbonyl (C=O) groups excluding carboxylic acids is 3. The molecule has 4 rings (SSSR count). The number of rotatable bonds is 5. The van der Waals surface area contributed by atoms with Gasteiger partial charge in [0.15, 0.2) is 5.65 Å². The van der Waals surface area contributed by atoms with E-state index in [2.05, 4.69) is 15.4 Å². The van der Waals surface area contributed by atoms with Gasteiger partial charge in [-0.3, -0.25) is 4.79 Å². The Balaban J connectivity index is 1.62. The molecule has 2 aliphatic rings. The normalized spacial score (nSPS) is 22.8. The number of alkyl carbamates (subject to hydrolysis) is 1. The number of alkyl halides is 5. The number of aliphatic hydroxyl groups is 1. The van der Waals surface area contributed by atoms with Gasteiger partial charge in [-0.25, -0.2) is 32.8 Å². The van der Waals surface area contributed by atoms with Crippen LogP contribution in [-0.2, 0) is 14.3 Å². The smallest absolute Gasteiger partial charge is 0.417 e. The first-order chi connectivity index (χ1) is 20.5. The number of aliphatic hydroxyl groups excluding tert-OH is 1. The monoisotopic (exact) mass is 647 g/mol. The van der Waals surface area contributed by atoms with Crippen LogP contribution in [-0.4, -0.2) is 72.0 Å². The van der Waals surface area contributed by atoms with Crippen LogP contribution in [0.2, 0.25) is 0 Å². The number of nitrogens with zero attached hydrogens (tertiary/aromatic N) is 4. The van der Waals surface area contributed by atoms with E-state index in [1.807, 2.05) is 0 Å². The van der Waals surface area contributed by atoms with E-state index < -0.39 is 77.8 Å². The summed E-state index contributed by atoms with van der Waals surface area (Å²) in [5.41, 5.74) is -1.67. The number of likely N-dealkylation sites (tertiary alicyclic amines) is 1. The number of hydrogen-bond donors (Lipinski definition) is 2. The van der Waals surface area contributed by atoms with Gasteiger partial charge in [0, 0.05) is 18.4 Å². The summed E-state index contributed by atoms with van der Waals surface area (Å²) in [4.78, 5) is 42.9. The maximum atomic E-state index is 13.9. The van der Waals surface area contributed by atoms with Gasteiger partial charge in [-0.1, -0.05) is 0 Å². The van der Waals surface area contributed by atoms with E-state index in [1.54, 1.807) is 20.8 Å². The summed E-state index contributed by atoms with van der Waals surface area (Å²) in [5, 5.41) is 18.0. The zero-order chi connectivity index (χ0) is 33.7. The zero-order valence-corrected chi connectivity index (χ0v) is 25.8. The van der Waals surface area contributed by atoms with Crippen LogP contribution >= 0.6 is 0 Å². The number of carbonyl (C=O) groups is 3. The van der Waals surface area contributed by atoms with Crippen LogP contribution in [0.1, 0.15) is 97.0 Å². The molecular weight excluding hydrogens is 609 g/mol. The first kappa shape index (κ1) is 34.3. The Kier molecular flexibility index (Phi) is 9.14. The van der Waals surface area contributed by atoms with Crippen LogP contribution in [0.3, 0.4) is 0 Å². The summed E-state index contributed by atoms with van der Waals surface area (Å²) in [6.45, 7) is 9.33. The predicted octanol–water partition coefficient (Wildman–Crippen LogP) is 5.87. The van der Waals surface area contributed by atoms with Gasteiger partial charge in [0.1, 0.15) is 17.2 Å². The molecule has 0 unspecified atom stereocenters. The van der Waals surface area contributed by atoms with Gasteiger partial charge in [-0.2, -0.15) is 18.3 Å². The molecule has 4 atom stereocenters. The summed E-state index contributed by atoms with van der Waals surface area (Å²) >= 11 is 0. The SMILES string of the molecule is CC(C)(C)OC(=O)N[C@H](c1cn2ncc([C@H](O)[C@H]3C[C@H](C(F)(F)F)N(C(=O)OC(C)(C)C)C3=O)cc2n1)C1CCC(F)(F)CC1. The molecule has 250 valence electrons. The van der Waals surface area contributed by atoms with Crippen LogP contribution in [0.5, 0.6) is 0 Å². The third-order valence-electron chi connectivity index (χ3n) is 7.62. The van der Waals surface area contributed by atoms with Gasteiger partial charge >= 0.3 is 18.4 Å². The molecule has 1 aliphatic carbocycles. The van der Waals surface area contributed by atoms with Crippen molar-refractivity contribution in [2.24, 2.45) is 11.8 Å². The number of ether oxygens (including phenoxy) is 2. The molecule has 11 nitrogen and oxygen atoms in total. The molecule has 2 aromatic rings. The summed E-state index contributed by atoms with van der Waals surface area (Å²) in [7, 11) is 0. The van der Waals surface area contributed by atoms with Crippen molar-refractivity contribution in [1.82, 2.24) is 24.8 Å². The number of fused-ring (bicyclic) bond motifs is 1. The van der Waals surface area contributed by atoms with Crippen molar-refractivity contribution < 1.29 is 50.9 Å². The van der Waals surface area contributed by atoms with E-state index in [0.29, 0.717) is 0 Å². The quantitative estimate of drug-likeness (QED) is 0.385. The van der Waals surface area contributed by atoms with E-state index in [1.165, 1.54) is 37.5 Å². The Morgan fingerprint density at radius 3 is 2.22 bits per heavy atom. The molecule has 3 amide bonds. The molecule has 16 heteroatoms. The molecule has 1 aliphatic heterocycles. The van der Waals surface area contributed by atoms with Crippen LogP contribution < -0.4 is 5.32 Å². The van der Waals surface area contributed by atoms with Crippen molar-refractivity contribution in [3.63, 3.8) is 0 Å². The lowest BCUT2D eigenvalue weighted by Gasteiger charge is -2.33. The number of halogens is 5. The van der Waals surface area contributed by atoms with Crippen molar-refractivity contribution >= 4 is 23.7 Å². The van der Waals surface area contributed by atoms with Crippen molar-refractivity contribution in [3.05, 3.63) is 29.7 Å². The Morgan fingerprint density at radius 1 is 1.07 bits per heavy atom. The van der Waals surface area contributed by atoms with Gasteiger partial charge in [0.25, 0.3) is 0 Å². The summed E-state index contributed by atoms with van der Waals surface area (Å²) in [6.07, 6.45) is -7.86. The minimum absolute atomic E-state index is 0.000643. The topological polar surface area (TPSA) is 135 Å². The molecule has 2 N–H and O–H groups in total. The lowest BCUT2D eigenvalue weighted by atomic mass is 9.81. The molecule has 1 saturated carbocycles. The fourth-order valence-corrected chi connectivity index (χ4v) is 5.57. The summed E-state index contributed by atoms with van der Waals surface area (Å²) in [5.74, 6) is -6.13. The first-order valence-corrected chi connectivity index (χ1v) is 14.6. The molecule has 0 bridgehead atoms. The first-order valence-electron chi connectivity index (χ1n) is 14.6. The van der Waals surface area contributed by atoms with Gasteiger partial charge in [-0.15, -0.1) is 0 Å². The molecule has 2 fully saturated rings. The fourth-order valence-electron chi connectivity index (χ4n) is 5.57. The Bertz CT molecular complexity index is 1420. The Labute approximate surface area is 256 Å². The fraction of sp³-hybridized carbons (Fsp3) is 0.690. The minimum Gasteiger partial charge on any atom is -0.444 e. The highest BCUT2D eigenvalue weighted by Crippen LogP contribution is 2.43. The van der Waals surface area contributed by atoms with Gasteiger partial charge < -0.3 is 19.9 Å². The van der Waals surface area contributed by atoms with E-state index in [4.69, 9.17) is 9.47 Å². The van der Waals surface area contributed by atoms with Crippen LogP contribution in [0.15, 0.2) is 18.5 Å². The van der Waals surface area contributed by atoms with Crippen LogP contribution in [0, 0.1) is 11.8 Å². The number of aromatic nitrogens is 3. The van der Waals surface area contributed by atoms with E-state index in [0.717, 1.165) is 6.20 Å². The summed E-state index contributed by atoms with van der Waals surface area (Å²) < 4.78 is 81.2. The van der Waals surface area contributed by atoms with Crippen molar-refractivity contribution in [2.75, 3.05) is 0 Å². The third-order valence-corrected chi connectivity index (χ3v) is 7.62. The second-order valence-electron chi connectivity index (χ2n) is 13.6. The molecule has 0 aromatic carbocycles. The van der Waals surface area contributed by atoms with E-state index in [9.17, 15) is 41.4 Å². The average Bonchev–Trinajstić information content (AvgIpc) is 3.45. The number of hydrogen-bond acceptors (Lipinski definition) is 8. The maximum absolute atomic E-state index is 13.9. The molecular formula is C29H38F5N5O6. The highest BCUT2D eigenvalue weighted by atomic mass is 19.4. The maximum Gasteiger partial charge on any atom is 0.417 e. The van der Waals surface area contributed by atoms with Gasteiger partial charge in [-0.05, 0) is 72.8 Å². The summed E-state index contributed by atoms with van der Waals surface area (Å²) in [6, 6.07) is -2.03. The number of amides is 3. The third kappa shape index (κ3) is 8.19. The minimum atomic E-state index is -4.97. The van der Waals surface area contributed by atoms with Crippen LogP contribution in [0.25, 0.3) is 5.65 Å². The van der Waals surface area contributed by atoms with Crippen molar-refractivity contribution in [3.8, 4) is 0 Å². The molecule has 0 spiro atoms. The van der Waals surface area contributed by atoms with Crippen molar-refractivity contribution in [1.29, 1.82) is 0 Å². The van der Waals surface area contributed by atoms with E-state index in [-0.39, 0.29) is 47.5 Å². The van der Waals surface area contributed by atoms with Gasteiger partial charge in [0.05, 0.1) is 36.2 Å². The average molecular weight is 648 g/mol. The second-order valence-corrected chi connectivity index (χ2v) is 13.6. The number of imide groups is 1. The van der Waals surface area contributed by atoms with E-state index >= 15 is 0 Å². The molecule has 1 saturated heterocycles. The number of imidazole rings is 1. The highest BCUT2D eigenvalue weighted by molar-refractivity contribution is 5.96. The van der Waals surface area contributed by atoms with Gasteiger partial charge in [0.2, 0.25) is 11.8 Å². The molecule has 2 aromatic heterocycles.